The summed E-state index contributed by atoms with van der Waals surface area (Å²) in [5, 5.41) is 7.39. The Kier molecular flexibility index (Phi) is 6.13. The number of amides is 1. The van der Waals surface area contributed by atoms with Crippen molar-refractivity contribution in [1.82, 2.24) is 9.78 Å². The maximum Gasteiger partial charge on any atom is 0.264 e. The second-order valence-electron chi connectivity index (χ2n) is 8.61. The molecule has 178 valence electrons. The highest BCUT2D eigenvalue weighted by Crippen LogP contribution is 2.32. The summed E-state index contributed by atoms with van der Waals surface area (Å²) < 4.78 is 30.2. The third kappa shape index (κ3) is 4.70. The van der Waals surface area contributed by atoms with Crippen LogP contribution >= 0.6 is 0 Å². The molecule has 1 aliphatic rings. The largest absolute Gasteiger partial charge is 0.307 e. The molecule has 1 aromatic heterocycles. The van der Waals surface area contributed by atoms with E-state index in [4.69, 9.17) is 0 Å². The Morgan fingerprint density at radius 1 is 0.971 bits per heavy atom. The number of sulfonamides is 1. The van der Waals surface area contributed by atoms with Gasteiger partial charge in [-0.15, -0.1) is 0 Å². The van der Waals surface area contributed by atoms with Gasteiger partial charge in [0.25, 0.3) is 15.9 Å². The standard InChI is InChI=1S/C27H26N4O3S/c1-20-17-26(30(29-20)19-21-9-3-2-4-10-21)28-27(32)23-12-7-14-24(18-23)35(33,34)31-16-8-13-22-11-5-6-15-25(22)31/h2-7,9-12,14-15,17-18H,8,13,16,19H2,1H3,(H,28,32). The lowest BCUT2D eigenvalue weighted by Crippen LogP contribution is -2.35. The molecule has 0 radical (unpaired) electrons. The molecule has 0 atom stereocenters. The smallest absolute Gasteiger partial charge is 0.264 e. The van der Waals surface area contributed by atoms with Crippen LogP contribution in [0.1, 0.15) is 33.6 Å². The zero-order valence-electron chi connectivity index (χ0n) is 19.4. The molecule has 2 heterocycles. The molecule has 8 heteroatoms. The third-order valence-corrected chi connectivity index (χ3v) is 7.88. The van der Waals surface area contributed by atoms with E-state index in [0.717, 1.165) is 29.7 Å². The topological polar surface area (TPSA) is 84.3 Å². The number of hydrogen-bond acceptors (Lipinski definition) is 4. The Morgan fingerprint density at radius 2 is 1.74 bits per heavy atom. The van der Waals surface area contributed by atoms with Gasteiger partial charge in [0.15, 0.2) is 0 Å². The lowest BCUT2D eigenvalue weighted by Gasteiger charge is -2.30. The van der Waals surface area contributed by atoms with E-state index in [1.54, 1.807) is 22.9 Å². The Morgan fingerprint density at radius 3 is 2.57 bits per heavy atom. The molecule has 0 saturated heterocycles. The molecule has 0 aliphatic carbocycles. The first kappa shape index (κ1) is 22.9. The van der Waals surface area contributed by atoms with E-state index < -0.39 is 15.9 Å². The number of carbonyl (C=O) groups excluding carboxylic acids is 1. The van der Waals surface area contributed by atoms with Crippen LogP contribution < -0.4 is 9.62 Å². The second-order valence-corrected chi connectivity index (χ2v) is 10.5. The predicted molar refractivity (Wildman–Crippen MR) is 136 cm³/mol. The Labute approximate surface area is 205 Å². The van der Waals surface area contributed by atoms with E-state index in [-0.39, 0.29) is 10.5 Å². The van der Waals surface area contributed by atoms with E-state index in [2.05, 4.69) is 10.4 Å². The minimum absolute atomic E-state index is 0.0934. The van der Waals surface area contributed by atoms with Crippen LogP contribution in [0.2, 0.25) is 0 Å². The quantitative estimate of drug-likeness (QED) is 0.431. The molecule has 35 heavy (non-hydrogen) atoms. The fraction of sp³-hybridized carbons (Fsp3) is 0.185. The Bertz CT molecular complexity index is 1480. The van der Waals surface area contributed by atoms with Crippen molar-refractivity contribution in [2.75, 3.05) is 16.2 Å². The lowest BCUT2D eigenvalue weighted by atomic mass is 10.0. The van der Waals surface area contributed by atoms with Gasteiger partial charge in [0, 0.05) is 18.2 Å². The van der Waals surface area contributed by atoms with Gasteiger partial charge in [0.05, 0.1) is 22.8 Å². The van der Waals surface area contributed by atoms with Gasteiger partial charge >= 0.3 is 0 Å². The number of hydrogen-bond donors (Lipinski definition) is 1. The van der Waals surface area contributed by atoms with Crippen LogP contribution in [-0.2, 0) is 23.0 Å². The van der Waals surface area contributed by atoms with Crippen LogP contribution in [-0.4, -0.2) is 30.7 Å². The molecule has 1 amide bonds. The molecule has 3 aromatic carbocycles. The SMILES string of the molecule is Cc1cc(NC(=O)c2cccc(S(=O)(=O)N3CCCc4ccccc43)c2)n(Cc2ccccc2)n1. The summed E-state index contributed by atoms with van der Waals surface area (Å²) in [6.45, 7) is 2.78. The maximum absolute atomic E-state index is 13.5. The van der Waals surface area contributed by atoms with Crippen molar-refractivity contribution in [2.24, 2.45) is 0 Å². The van der Waals surface area contributed by atoms with Gasteiger partial charge in [-0.25, -0.2) is 13.1 Å². The molecular formula is C27H26N4O3S. The van der Waals surface area contributed by atoms with Crippen molar-refractivity contribution in [2.45, 2.75) is 31.2 Å². The number of anilines is 2. The highest BCUT2D eigenvalue weighted by Gasteiger charge is 2.29. The molecule has 0 saturated carbocycles. The first-order chi connectivity index (χ1) is 16.9. The maximum atomic E-state index is 13.5. The van der Waals surface area contributed by atoms with Crippen LogP contribution in [0.4, 0.5) is 11.5 Å². The van der Waals surface area contributed by atoms with Gasteiger partial charge in [-0.05, 0) is 55.2 Å². The highest BCUT2D eigenvalue weighted by molar-refractivity contribution is 7.92. The number of nitrogens with one attached hydrogen (secondary N) is 1. The summed E-state index contributed by atoms with van der Waals surface area (Å²) in [5.41, 5.74) is 3.81. The summed E-state index contributed by atoms with van der Waals surface area (Å²) in [6.07, 6.45) is 1.60. The number of aryl methyl sites for hydroxylation is 2. The third-order valence-electron chi connectivity index (χ3n) is 6.07. The summed E-state index contributed by atoms with van der Waals surface area (Å²) in [7, 11) is -3.81. The summed E-state index contributed by atoms with van der Waals surface area (Å²) in [5.74, 6) is 0.157. The van der Waals surface area contributed by atoms with Crippen LogP contribution in [0.3, 0.4) is 0 Å². The van der Waals surface area contributed by atoms with Crippen molar-refractivity contribution in [1.29, 1.82) is 0 Å². The first-order valence-electron chi connectivity index (χ1n) is 11.5. The monoisotopic (exact) mass is 486 g/mol. The molecule has 4 aromatic rings. The number of benzene rings is 3. The van der Waals surface area contributed by atoms with E-state index in [1.165, 1.54) is 16.4 Å². The number of aromatic nitrogens is 2. The predicted octanol–water partition coefficient (Wildman–Crippen LogP) is 4.63. The van der Waals surface area contributed by atoms with Gasteiger partial charge in [-0.2, -0.15) is 5.10 Å². The summed E-state index contributed by atoms with van der Waals surface area (Å²) in [4.78, 5) is 13.2. The number of fused-ring (bicyclic) bond motifs is 1. The Balaban J connectivity index is 1.40. The molecule has 1 aliphatic heterocycles. The summed E-state index contributed by atoms with van der Waals surface area (Å²) in [6, 6.07) is 25.4. The molecule has 0 spiro atoms. The molecule has 7 nitrogen and oxygen atoms in total. The number of para-hydroxylation sites is 1. The van der Waals surface area contributed by atoms with Crippen molar-refractivity contribution in [3.8, 4) is 0 Å². The first-order valence-corrected chi connectivity index (χ1v) is 13.0. The highest BCUT2D eigenvalue weighted by atomic mass is 32.2. The van der Waals surface area contributed by atoms with Crippen molar-refractivity contribution in [3.05, 3.63) is 107 Å². The Hall–Kier alpha value is -3.91. The molecule has 0 bridgehead atoms. The van der Waals surface area contributed by atoms with Gasteiger partial charge < -0.3 is 5.32 Å². The number of carbonyl (C=O) groups is 1. The van der Waals surface area contributed by atoms with E-state index >= 15 is 0 Å². The molecule has 0 unspecified atom stereocenters. The van der Waals surface area contributed by atoms with Crippen molar-refractivity contribution < 1.29 is 13.2 Å². The van der Waals surface area contributed by atoms with Crippen molar-refractivity contribution >= 4 is 27.4 Å². The van der Waals surface area contributed by atoms with E-state index in [1.807, 2.05) is 61.5 Å². The van der Waals surface area contributed by atoms with Crippen LogP contribution in [0.25, 0.3) is 0 Å². The normalized spacial score (nSPS) is 13.3. The van der Waals surface area contributed by atoms with E-state index in [9.17, 15) is 13.2 Å². The van der Waals surface area contributed by atoms with Crippen LogP contribution in [0.15, 0.2) is 89.8 Å². The number of rotatable bonds is 6. The molecular weight excluding hydrogens is 460 g/mol. The minimum atomic E-state index is -3.81. The van der Waals surface area contributed by atoms with Gasteiger partial charge in [-0.1, -0.05) is 54.6 Å². The second kappa shape index (κ2) is 9.38. The minimum Gasteiger partial charge on any atom is -0.307 e. The zero-order valence-corrected chi connectivity index (χ0v) is 20.2. The fourth-order valence-corrected chi connectivity index (χ4v) is 5.97. The average Bonchev–Trinajstić information content (AvgIpc) is 3.22. The van der Waals surface area contributed by atoms with Crippen LogP contribution in [0, 0.1) is 6.92 Å². The van der Waals surface area contributed by atoms with Gasteiger partial charge in [0.1, 0.15) is 5.82 Å². The fourth-order valence-electron chi connectivity index (χ4n) is 4.39. The average molecular weight is 487 g/mol. The summed E-state index contributed by atoms with van der Waals surface area (Å²) >= 11 is 0. The lowest BCUT2D eigenvalue weighted by molar-refractivity contribution is 0.102. The molecule has 1 N–H and O–H groups in total. The van der Waals surface area contributed by atoms with Crippen LogP contribution in [0.5, 0.6) is 0 Å². The van der Waals surface area contributed by atoms with E-state index in [0.29, 0.717) is 24.6 Å². The van der Waals surface area contributed by atoms with Crippen molar-refractivity contribution in [3.63, 3.8) is 0 Å². The molecule has 5 rings (SSSR count). The number of nitrogens with zero attached hydrogens (tertiary/aromatic N) is 3. The zero-order chi connectivity index (χ0) is 24.4. The van der Waals surface area contributed by atoms with Gasteiger partial charge in [-0.3, -0.25) is 9.10 Å². The molecule has 0 fully saturated rings. The van der Waals surface area contributed by atoms with Gasteiger partial charge in [0.2, 0.25) is 0 Å².